The van der Waals surface area contributed by atoms with Gasteiger partial charge in [-0.25, -0.2) is 19.3 Å². The van der Waals surface area contributed by atoms with Crippen LogP contribution in [0, 0.1) is 0 Å². The van der Waals surface area contributed by atoms with E-state index in [1.165, 1.54) is 12.4 Å². The molecular formula is C25H17ClF3N7O3. The van der Waals surface area contributed by atoms with Gasteiger partial charge >= 0.3 is 18.2 Å². The zero-order chi connectivity index (χ0) is 27.6. The molecule has 0 aliphatic carbocycles. The number of urea groups is 1. The molecule has 0 bridgehead atoms. The molecule has 0 spiro atoms. The Morgan fingerprint density at radius 1 is 1.00 bits per heavy atom. The summed E-state index contributed by atoms with van der Waals surface area (Å²) in [7, 11) is 1.54. The van der Waals surface area contributed by atoms with Crippen LogP contribution in [0.4, 0.5) is 29.3 Å². The number of alkyl halides is 3. The number of hydrogen-bond donors (Lipinski definition) is 2. The van der Waals surface area contributed by atoms with E-state index in [1.807, 2.05) is 12.1 Å². The first kappa shape index (κ1) is 25.7. The fourth-order valence-corrected chi connectivity index (χ4v) is 3.72. The number of nitrogens with one attached hydrogen (secondary N) is 2. The number of hydrogen-bond acceptors (Lipinski definition) is 7. The van der Waals surface area contributed by atoms with Crippen molar-refractivity contribution in [2.45, 2.75) is 6.18 Å². The Morgan fingerprint density at radius 3 is 2.41 bits per heavy atom. The topological polar surface area (TPSA) is 116 Å². The van der Waals surface area contributed by atoms with Crippen LogP contribution in [0.5, 0.6) is 17.6 Å². The number of halogens is 4. The minimum absolute atomic E-state index is 0.00512. The second-order valence-corrected chi connectivity index (χ2v) is 8.36. The van der Waals surface area contributed by atoms with E-state index in [-0.39, 0.29) is 22.4 Å². The SMILES string of the molecule is COc1ccn2ncc(-c3ccc(Oc4ncc(NC(=O)Nc5ccc(C(F)(F)F)cc5Cl)cn4)cc3)c2n1. The molecule has 10 nitrogen and oxygen atoms in total. The smallest absolute Gasteiger partial charge is 0.416 e. The quantitative estimate of drug-likeness (QED) is 0.252. The molecule has 5 rings (SSSR count). The second-order valence-electron chi connectivity index (χ2n) is 7.95. The predicted octanol–water partition coefficient (Wildman–Crippen LogP) is 6.30. The molecule has 0 atom stereocenters. The first-order valence-electron chi connectivity index (χ1n) is 11.1. The largest absolute Gasteiger partial charge is 0.481 e. The maximum Gasteiger partial charge on any atom is 0.416 e. The number of ether oxygens (including phenoxy) is 2. The fraction of sp³-hybridized carbons (Fsp3) is 0.0800. The third kappa shape index (κ3) is 5.83. The summed E-state index contributed by atoms with van der Waals surface area (Å²) < 4.78 is 50.8. The van der Waals surface area contributed by atoms with Crippen molar-refractivity contribution in [2.75, 3.05) is 17.7 Å². The minimum atomic E-state index is -4.55. The molecule has 198 valence electrons. The first-order chi connectivity index (χ1) is 18.7. The summed E-state index contributed by atoms with van der Waals surface area (Å²) in [5.74, 6) is 0.941. The van der Waals surface area contributed by atoms with Crippen LogP contribution in [-0.2, 0) is 6.18 Å². The summed E-state index contributed by atoms with van der Waals surface area (Å²) in [6.45, 7) is 0. The minimum Gasteiger partial charge on any atom is -0.481 e. The first-order valence-corrected chi connectivity index (χ1v) is 11.5. The van der Waals surface area contributed by atoms with Gasteiger partial charge in [-0.15, -0.1) is 0 Å². The van der Waals surface area contributed by atoms with Gasteiger partial charge in [0.05, 0.1) is 47.7 Å². The second kappa shape index (κ2) is 10.5. The Balaban J connectivity index is 1.20. The van der Waals surface area contributed by atoms with Crippen molar-refractivity contribution in [1.29, 1.82) is 0 Å². The fourth-order valence-electron chi connectivity index (χ4n) is 3.49. The molecular weight excluding hydrogens is 539 g/mol. The maximum absolute atomic E-state index is 12.8. The number of nitrogens with zero attached hydrogens (tertiary/aromatic N) is 5. The predicted molar refractivity (Wildman–Crippen MR) is 136 cm³/mol. The molecule has 0 unspecified atom stereocenters. The highest BCUT2D eigenvalue weighted by molar-refractivity contribution is 6.33. The summed E-state index contributed by atoms with van der Waals surface area (Å²) in [6.07, 6.45) is 1.53. The maximum atomic E-state index is 12.8. The molecule has 0 fully saturated rings. The molecule has 0 saturated carbocycles. The van der Waals surface area contributed by atoms with Crippen molar-refractivity contribution in [2.24, 2.45) is 0 Å². The van der Waals surface area contributed by atoms with E-state index in [0.29, 0.717) is 17.3 Å². The van der Waals surface area contributed by atoms with Gasteiger partial charge in [0.25, 0.3) is 0 Å². The Morgan fingerprint density at radius 2 is 1.74 bits per heavy atom. The Hall–Kier alpha value is -4.91. The molecule has 0 aliphatic heterocycles. The number of anilines is 2. The van der Waals surface area contributed by atoms with Gasteiger partial charge in [0.2, 0.25) is 5.88 Å². The number of benzene rings is 2. The van der Waals surface area contributed by atoms with Gasteiger partial charge in [0.1, 0.15) is 5.75 Å². The van der Waals surface area contributed by atoms with Crippen molar-refractivity contribution in [3.63, 3.8) is 0 Å². The highest BCUT2D eigenvalue weighted by Gasteiger charge is 2.31. The van der Waals surface area contributed by atoms with Gasteiger partial charge in [-0.05, 0) is 35.9 Å². The van der Waals surface area contributed by atoms with Crippen molar-refractivity contribution < 1.29 is 27.4 Å². The molecule has 39 heavy (non-hydrogen) atoms. The molecule has 14 heteroatoms. The van der Waals surface area contributed by atoms with Crippen molar-refractivity contribution in [3.05, 3.63) is 83.9 Å². The molecule has 0 radical (unpaired) electrons. The number of carbonyl (C=O) groups is 1. The van der Waals surface area contributed by atoms with E-state index in [2.05, 4.69) is 30.7 Å². The molecule has 2 amide bonds. The number of rotatable bonds is 6. The lowest BCUT2D eigenvalue weighted by molar-refractivity contribution is -0.137. The number of fused-ring (bicyclic) bond motifs is 1. The van der Waals surface area contributed by atoms with Gasteiger partial charge in [0, 0.05) is 17.8 Å². The van der Waals surface area contributed by atoms with E-state index < -0.39 is 17.8 Å². The van der Waals surface area contributed by atoms with Crippen LogP contribution in [0.2, 0.25) is 5.02 Å². The third-order valence-corrected chi connectivity index (χ3v) is 5.67. The molecule has 3 heterocycles. The lowest BCUT2D eigenvalue weighted by Crippen LogP contribution is -2.20. The van der Waals surface area contributed by atoms with Crippen LogP contribution < -0.4 is 20.1 Å². The summed E-state index contributed by atoms with van der Waals surface area (Å²) >= 11 is 5.86. The standard InChI is InChI=1S/C25H17ClF3N7O3/c1-38-21-8-9-36-22(35-21)18(13-32-36)14-2-5-17(6-3-14)39-24-30-11-16(12-31-24)33-23(37)34-20-7-4-15(10-19(20)26)25(27,28)29/h2-13H,1H3,(H2,33,34,37). The van der Waals surface area contributed by atoms with Crippen molar-refractivity contribution >= 4 is 34.7 Å². The van der Waals surface area contributed by atoms with Crippen LogP contribution in [0.3, 0.4) is 0 Å². The van der Waals surface area contributed by atoms with Crippen LogP contribution in [0.25, 0.3) is 16.8 Å². The van der Waals surface area contributed by atoms with Crippen molar-refractivity contribution in [1.82, 2.24) is 24.6 Å². The zero-order valence-corrected chi connectivity index (χ0v) is 20.7. The average Bonchev–Trinajstić information content (AvgIpc) is 3.34. The summed E-state index contributed by atoms with van der Waals surface area (Å²) in [5, 5.41) is 8.87. The molecule has 2 aromatic carbocycles. The van der Waals surface area contributed by atoms with E-state index >= 15 is 0 Å². The number of amides is 2. The molecule has 2 N–H and O–H groups in total. The summed E-state index contributed by atoms with van der Waals surface area (Å²) in [6, 6.07) is 10.7. The normalized spacial score (nSPS) is 11.3. The lowest BCUT2D eigenvalue weighted by Gasteiger charge is -2.12. The van der Waals surface area contributed by atoms with Crippen molar-refractivity contribution in [3.8, 4) is 28.8 Å². The van der Waals surface area contributed by atoms with E-state index in [9.17, 15) is 18.0 Å². The third-order valence-electron chi connectivity index (χ3n) is 5.36. The van der Waals surface area contributed by atoms with Gasteiger partial charge < -0.3 is 20.1 Å². The average molecular weight is 556 g/mol. The van der Waals surface area contributed by atoms with E-state index in [0.717, 1.165) is 29.3 Å². The highest BCUT2D eigenvalue weighted by atomic mass is 35.5. The number of aromatic nitrogens is 5. The zero-order valence-electron chi connectivity index (χ0n) is 19.9. The van der Waals surface area contributed by atoms with Gasteiger partial charge in [-0.3, -0.25) is 0 Å². The van der Waals surface area contributed by atoms with Crippen LogP contribution in [-0.4, -0.2) is 37.7 Å². The van der Waals surface area contributed by atoms with E-state index in [1.54, 1.807) is 42.2 Å². The molecule has 0 aliphatic rings. The Labute approximate surface area is 223 Å². The molecule has 5 aromatic rings. The van der Waals surface area contributed by atoms with Crippen LogP contribution in [0.15, 0.2) is 73.3 Å². The highest BCUT2D eigenvalue weighted by Crippen LogP contribution is 2.34. The number of methoxy groups -OCH3 is 1. The van der Waals surface area contributed by atoms with Gasteiger partial charge in [-0.1, -0.05) is 23.7 Å². The summed E-state index contributed by atoms with van der Waals surface area (Å²) in [4.78, 5) is 24.8. The van der Waals surface area contributed by atoms with Gasteiger partial charge in [-0.2, -0.15) is 23.3 Å². The lowest BCUT2D eigenvalue weighted by atomic mass is 10.1. The molecule has 3 aromatic heterocycles. The van der Waals surface area contributed by atoms with Crippen LogP contribution >= 0.6 is 11.6 Å². The van der Waals surface area contributed by atoms with Crippen LogP contribution in [0.1, 0.15) is 5.56 Å². The van der Waals surface area contributed by atoms with Gasteiger partial charge in [0.15, 0.2) is 5.65 Å². The summed E-state index contributed by atoms with van der Waals surface area (Å²) in [5.41, 5.74) is 1.60. The molecule has 0 saturated heterocycles. The monoisotopic (exact) mass is 555 g/mol. The van der Waals surface area contributed by atoms with E-state index in [4.69, 9.17) is 21.1 Å². The Bertz CT molecular complexity index is 1640. The Kier molecular flexibility index (Phi) is 6.90. The number of carbonyl (C=O) groups excluding carboxylic acids is 1.